The number of piperazine rings is 1. The van der Waals surface area contributed by atoms with E-state index in [1.165, 1.54) is 0 Å². The topological polar surface area (TPSA) is 72.0 Å². The first-order chi connectivity index (χ1) is 13.4. The van der Waals surface area contributed by atoms with Crippen LogP contribution < -0.4 is 15.2 Å². The van der Waals surface area contributed by atoms with E-state index in [4.69, 9.17) is 14.3 Å². The molecule has 0 radical (unpaired) electrons. The van der Waals surface area contributed by atoms with Gasteiger partial charge in [0.15, 0.2) is 5.82 Å². The Morgan fingerprint density at radius 3 is 2.81 bits per heavy atom. The average molecular weight is 373 g/mol. The van der Waals surface area contributed by atoms with Crippen LogP contribution in [-0.2, 0) is 9.57 Å². The van der Waals surface area contributed by atoms with Crippen molar-refractivity contribution < 1.29 is 14.3 Å². The first-order valence-corrected chi connectivity index (χ1v) is 9.73. The summed E-state index contributed by atoms with van der Waals surface area (Å²) in [6.07, 6.45) is 3.53. The summed E-state index contributed by atoms with van der Waals surface area (Å²) in [7, 11) is 0. The smallest absolute Gasteiger partial charge is 0.185 e. The Morgan fingerprint density at radius 1 is 1.22 bits per heavy atom. The van der Waals surface area contributed by atoms with Crippen molar-refractivity contribution in [2.24, 2.45) is 0 Å². The summed E-state index contributed by atoms with van der Waals surface area (Å²) in [4.78, 5) is 15.0. The van der Waals surface area contributed by atoms with Crippen LogP contribution in [0.3, 0.4) is 0 Å². The zero-order chi connectivity index (χ0) is 18.5. The molecule has 1 aromatic carbocycles. The number of hydrogen-bond acceptors (Lipinski definition) is 8. The molecule has 2 saturated heterocycles. The summed E-state index contributed by atoms with van der Waals surface area (Å²) in [5, 5.41) is 8.25. The molecule has 0 amide bonds. The summed E-state index contributed by atoms with van der Waals surface area (Å²) < 4.78 is 11.8. The first kappa shape index (κ1) is 18.4. The summed E-state index contributed by atoms with van der Waals surface area (Å²) in [5.41, 5.74) is 0.851. The number of rotatable bonds is 6. The van der Waals surface area contributed by atoms with Crippen molar-refractivity contribution in [1.29, 1.82) is 0 Å². The molecule has 0 unspecified atom stereocenters. The van der Waals surface area contributed by atoms with Gasteiger partial charge in [0.2, 0.25) is 0 Å². The highest BCUT2D eigenvalue weighted by atomic mass is 16.7. The van der Waals surface area contributed by atoms with Gasteiger partial charge in [-0.25, -0.2) is 9.97 Å². The Kier molecular flexibility index (Phi) is 5.98. The molecule has 1 aromatic heterocycles. The van der Waals surface area contributed by atoms with Crippen LogP contribution in [0.5, 0.6) is 5.75 Å². The van der Waals surface area contributed by atoms with Crippen molar-refractivity contribution in [2.75, 3.05) is 51.2 Å². The van der Waals surface area contributed by atoms with Crippen LogP contribution in [0.25, 0.3) is 10.9 Å². The van der Waals surface area contributed by atoms with Crippen molar-refractivity contribution in [3.05, 3.63) is 24.5 Å². The third kappa shape index (κ3) is 4.14. The summed E-state index contributed by atoms with van der Waals surface area (Å²) in [6, 6.07) is 5.95. The molecule has 0 bridgehead atoms. The quantitative estimate of drug-likeness (QED) is 0.768. The predicted octanol–water partition coefficient (Wildman–Crippen LogP) is 1.77. The number of ether oxygens (including phenoxy) is 2. The molecule has 8 nitrogen and oxygen atoms in total. The summed E-state index contributed by atoms with van der Waals surface area (Å²) in [6.45, 7) is 7.56. The first-order valence-electron chi connectivity index (χ1n) is 9.73. The Bertz CT molecular complexity index is 742. The molecule has 2 fully saturated rings. The lowest BCUT2D eigenvalue weighted by molar-refractivity contribution is -0.00787. The molecule has 3 heterocycles. The fraction of sp³-hybridized carbons (Fsp3) is 0.579. The largest absolute Gasteiger partial charge is 0.489 e. The van der Waals surface area contributed by atoms with Gasteiger partial charge in [-0.05, 0) is 19.1 Å². The highest BCUT2D eigenvalue weighted by Gasteiger charge is 2.25. The van der Waals surface area contributed by atoms with Crippen LogP contribution in [0, 0.1) is 0 Å². The van der Waals surface area contributed by atoms with Crippen LogP contribution in [-0.4, -0.2) is 67.1 Å². The van der Waals surface area contributed by atoms with Gasteiger partial charge in [0.25, 0.3) is 0 Å². The van der Waals surface area contributed by atoms with Crippen molar-refractivity contribution >= 4 is 16.7 Å². The Morgan fingerprint density at radius 2 is 2.04 bits per heavy atom. The van der Waals surface area contributed by atoms with E-state index in [2.05, 4.69) is 20.3 Å². The van der Waals surface area contributed by atoms with E-state index in [0.29, 0.717) is 6.61 Å². The highest BCUT2D eigenvalue weighted by Crippen LogP contribution is 2.34. The minimum atomic E-state index is 0.150. The van der Waals surface area contributed by atoms with Gasteiger partial charge in [-0.2, -0.15) is 10.2 Å². The van der Waals surface area contributed by atoms with Crippen LogP contribution in [0.1, 0.15) is 19.8 Å². The van der Waals surface area contributed by atoms with E-state index in [0.717, 1.165) is 74.7 Å². The number of nitrogens with zero attached hydrogens (tertiary/aromatic N) is 4. The third-order valence-corrected chi connectivity index (χ3v) is 4.85. The predicted molar refractivity (Wildman–Crippen MR) is 103 cm³/mol. The van der Waals surface area contributed by atoms with Crippen molar-refractivity contribution in [3.8, 4) is 5.75 Å². The minimum Gasteiger partial charge on any atom is -0.489 e. The molecule has 2 aliphatic rings. The zero-order valence-electron chi connectivity index (χ0n) is 15.8. The molecule has 0 aliphatic carbocycles. The van der Waals surface area contributed by atoms with E-state index in [1.54, 1.807) is 6.33 Å². The van der Waals surface area contributed by atoms with Gasteiger partial charge in [0.1, 0.15) is 18.2 Å². The molecule has 0 saturated carbocycles. The SMILES string of the molecule is CCON(c1ncnc2cccc(OC3CCOCC3)c12)N1CCNCC1. The molecule has 0 spiro atoms. The standard InChI is InChI=1S/C19H27N5O3/c1-2-26-24(23-10-8-20-9-11-23)19-18-16(21-14-22-19)4-3-5-17(18)27-15-6-12-25-13-7-15/h3-5,14-15,20H,2,6-13H2,1H3. The molecule has 1 N–H and O–H groups in total. The van der Waals surface area contributed by atoms with E-state index < -0.39 is 0 Å². The maximum Gasteiger partial charge on any atom is 0.185 e. The minimum absolute atomic E-state index is 0.150. The van der Waals surface area contributed by atoms with Crippen LogP contribution in [0.2, 0.25) is 0 Å². The van der Waals surface area contributed by atoms with E-state index in [-0.39, 0.29) is 6.10 Å². The molecule has 27 heavy (non-hydrogen) atoms. The second kappa shape index (κ2) is 8.79. The number of aromatic nitrogens is 2. The molecule has 146 valence electrons. The fourth-order valence-electron chi connectivity index (χ4n) is 3.51. The van der Waals surface area contributed by atoms with E-state index >= 15 is 0 Å². The normalized spacial score (nSPS) is 19.3. The molecular formula is C19H27N5O3. The van der Waals surface area contributed by atoms with E-state index in [1.807, 2.05) is 30.3 Å². The Labute approximate surface area is 159 Å². The van der Waals surface area contributed by atoms with Gasteiger partial charge in [-0.1, -0.05) is 6.07 Å². The second-order valence-corrected chi connectivity index (χ2v) is 6.67. The maximum atomic E-state index is 6.35. The van der Waals surface area contributed by atoms with Gasteiger partial charge in [0.05, 0.1) is 30.7 Å². The lowest BCUT2D eigenvalue weighted by atomic mass is 10.1. The molecule has 0 atom stereocenters. The Balaban J connectivity index is 1.71. The van der Waals surface area contributed by atoms with Crippen molar-refractivity contribution in [2.45, 2.75) is 25.9 Å². The second-order valence-electron chi connectivity index (χ2n) is 6.67. The number of nitrogens with one attached hydrogen (secondary N) is 1. The lowest BCUT2D eigenvalue weighted by Crippen LogP contribution is -2.53. The van der Waals surface area contributed by atoms with Gasteiger partial charge in [0, 0.05) is 39.0 Å². The molecule has 8 heteroatoms. The van der Waals surface area contributed by atoms with Crippen LogP contribution in [0.4, 0.5) is 5.82 Å². The number of hydrazine groups is 1. The van der Waals surface area contributed by atoms with Gasteiger partial charge >= 0.3 is 0 Å². The monoisotopic (exact) mass is 373 g/mol. The molecule has 2 aromatic rings. The molecule has 4 rings (SSSR count). The lowest BCUT2D eigenvalue weighted by Gasteiger charge is -2.37. The van der Waals surface area contributed by atoms with Gasteiger partial charge in [-0.3, -0.25) is 4.84 Å². The maximum absolute atomic E-state index is 6.35. The van der Waals surface area contributed by atoms with Crippen molar-refractivity contribution in [1.82, 2.24) is 20.3 Å². The average Bonchev–Trinajstić information content (AvgIpc) is 2.73. The van der Waals surface area contributed by atoms with Gasteiger partial charge in [-0.15, -0.1) is 0 Å². The van der Waals surface area contributed by atoms with Crippen LogP contribution in [0.15, 0.2) is 24.5 Å². The number of benzene rings is 1. The summed E-state index contributed by atoms with van der Waals surface area (Å²) >= 11 is 0. The molecule has 2 aliphatic heterocycles. The number of anilines is 1. The van der Waals surface area contributed by atoms with E-state index in [9.17, 15) is 0 Å². The highest BCUT2D eigenvalue weighted by molar-refractivity contribution is 5.94. The summed E-state index contributed by atoms with van der Waals surface area (Å²) in [5.74, 6) is 1.53. The third-order valence-electron chi connectivity index (χ3n) is 4.85. The number of hydrogen-bond donors (Lipinski definition) is 1. The zero-order valence-corrected chi connectivity index (χ0v) is 15.8. The van der Waals surface area contributed by atoms with Crippen molar-refractivity contribution in [3.63, 3.8) is 0 Å². The van der Waals surface area contributed by atoms with Crippen LogP contribution >= 0.6 is 0 Å². The molecular weight excluding hydrogens is 346 g/mol. The Hall–Kier alpha value is -2.00. The van der Waals surface area contributed by atoms with Gasteiger partial charge < -0.3 is 14.8 Å². The number of fused-ring (bicyclic) bond motifs is 1. The fourth-order valence-corrected chi connectivity index (χ4v) is 3.51.